The molecule has 2 aliphatic heterocycles. The van der Waals surface area contributed by atoms with Gasteiger partial charge in [0.2, 0.25) is 11.9 Å². The van der Waals surface area contributed by atoms with Crippen molar-refractivity contribution in [3.63, 3.8) is 0 Å². The first-order valence-corrected chi connectivity index (χ1v) is 11.2. The van der Waals surface area contributed by atoms with Crippen LogP contribution in [0.5, 0.6) is 0 Å². The number of alkyl halides is 6. The van der Waals surface area contributed by atoms with Crippen LogP contribution in [-0.2, 0) is 21.9 Å². The standard InChI is InChI=1S/C21H23F6N7O3/c1-37-13-6-16(15-7-14(21(25,26)27)18(36)31-30-15)34(10-13)11-17(35)32-2-4-33(5-3-32)19-28-8-12(9-29-19)20(22,23)24/h7-9,13,16H,2-6,10-11H2,1H3,(H,31,36). The minimum atomic E-state index is -4.86. The van der Waals surface area contributed by atoms with E-state index in [2.05, 4.69) is 15.1 Å². The zero-order chi connectivity index (χ0) is 27.0. The number of amides is 1. The van der Waals surface area contributed by atoms with E-state index in [4.69, 9.17) is 4.74 Å². The first-order chi connectivity index (χ1) is 17.4. The maximum absolute atomic E-state index is 13.2. The number of halogens is 6. The van der Waals surface area contributed by atoms with Crippen LogP contribution in [0.25, 0.3) is 0 Å². The van der Waals surface area contributed by atoms with Gasteiger partial charge in [0, 0.05) is 52.2 Å². The molecule has 4 heterocycles. The first kappa shape index (κ1) is 26.8. The highest BCUT2D eigenvalue weighted by Gasteiger charge is 2.40. The minimum absolute atomic E-state index is 0.0245. The van der Waals surface area contributed by atoms with E-state index in [1.54, 1.807) is 14.7 Å². The van der Waals surface area contributed by atoms with Crippen LogP contribution in [0.3, 0.4) is 0 Å². The Morgan fingerprint density at radius 3 is 2.30 bits per heavy atom. The Bertz CT molecular complexity index is 1160. The summed E-state index contributed by atoms with van der Waals surface area (Å²) in [6, 6.07) is 0.00987. The molecule has 2 fully saturated rings. The molecule has 0 spiro atoms. The number of anilines is 1. The second kappa shape index (κ2) is 10.2. The number of ether oxygens (including phenoxy) is 1. The minimum Gasteiger partial charge on any atom is -0.380 e. The van der Waals surface area contributed by atoms with Gasteiger partial charge in [0.25, 0.3) is 5.56 Å². The van der Waals surface area contributed by atoms with Crippen molar-refractivity contribution >= 4 is 11.9 Å². The van der Waals surface area contributed by atoms with Crippen molar-refractivity contribution in [1.29, 1.82) is 0 Å². The lowest BCUT2D eigenvalue weighted by Crippen LogP contribution is -2.51. The van der Waals surface area contributed by atoms with Crippen molar-refractivity contribution in [2.75, 3.05) is 51.3 Å². The zero-order valence-electron chi connectivity index (χ0n) is 19.5. The Balaban J connectivity index is 1.40. The molecule has 2 saturated heterocycles. The summed E-state index contributed by atoms with van der Waals surface area (Å²) in [5.74, 6) is -0.164. The topological polar surface area (TPSA) is 108 Å². The van der Waals surface area contributed by atoms with E-state index < -0.39 is 35.1 Å². The molecule has 16 heteroatoms. The van der Waals surface area contributed by atoms with Crippen LogP contribution in [0.1, 0.15) is 29.3 Å². The largest absolute Gasteiger partial charge is 0.421 e. The molecule has 0 radical (unpaired) electrons. The van der Waals surface area contributed by atoms with Gasteiger partial charge in [0.15, 0.2) is 0 Å². The highest BCUT2D eigenvalue weighted by atomic mass is 19.4. The molecule has 2 unspecified atom stereocenters. The Morgan fingerprint density at radius 1 is 1.08 bits per heavy atom. The van der Waals surface area contributed by atoms with Gasteiger partial charge in [0.05, 0.1) is 29.9 Å². The number of carbonyl (C=O) groups is 1. The number of hydrogen-bond acceptors (Lipinski definition) is 8. The van der Waals surface area contributed by atoms with Gasteiger partial charge in [-0.05, 0) is 12.5 Å². The number of likely N-dealkylation sites (tertiary alicyclic amines) is 1. The number of methoxy groups -OCH3 is 1. The van der Waals surface area contributed by atoms with Crippen LogP contribution in [0.15, 0.2) is 23.3 Å². The molecule has 2 aromatic heterocycles. The van der Waals surface area contributed by atoms with Crippen LogP contribution in [0, 0.1) is 0 Å². The summed E-state index contributed by atoms with van der Waals surface area (Å²) < 4.78 is 83.2. The average molecular weight is 535 g/mol. The van der Waals surface area contributed by atoms with Crippen LogP contribution < -0.4 is 10.5 Å². The molecule has 0 aliphatic carbocycles. The van der Waals surface area contributed by atoms with Crippen LogP contribution >= 0.6 is 0 Å². The van der Waals surface area contributed by atoms with Gasteiger partial charge in [-0.25, -0.2) is 15.1 Å². The lowest BCUT2D eigenvalue weighted by molar-refractivity contribution is -0.139. The number of rotatable bonds is 5. The third kappa shape index (κ3) is 6.01. The first-order valence-electron chi connectivity index (χ1n) is 11.2. The number of H-pyrrole nitrogens is 1. The number of nitrogens with zero attached hydrogens (tertiary/aromatic N) is 6. The molecule has 2 aliphatic rings. The molecule has 0 aromatic carbocycles. The molecule has 202 valence electrons. The molecule has 1 amide bonds. The number of aromatic nitrogens is 4. The number of nitrogens with one attached hydrogen (secondary N) is 1. The molecule has 37 heavy (non-hydrogen) atoms. The maximum Gasteiger partial charge on any atom is 0.421 e. The molecule has 1 N–H and O–H groups in total. The fourth-order valence-corrected chi connectivity index (χ4v) is 4.38. The third-order valence-corrected chi connectivity index (χ3v) is 6.39. The van der Waals surface area contributed by atoms with E-state index in [1.807, 2.05) is 5.10 Å². The quantitative estimate of drug-likeness (QED) is 0.577. The fourth-order valence-electron chi connectivity index (χ4n) is 4.38. The Kier molecular flexibility index (Phi) is 7.41. The molecule has 0 saturated carbocycles. The van der Waals surface area contributed by atoms with E-state index >= 15 is 0 Å². The van der Waals surface area contributed by atoms with E-state index in [1.165, 1.54) is 7.11 Å². The fraction of sp³-hybridized carbons (Fsp3) is 0.571. The summed E-state index contributed by atoms with van der Waals surface area (Å²) in [5, 5.41) is 5.67. The predicted octanol–water partition coefficient (Wildman–Crippen LogP) is 1.71. The summed E-state index contributed by atoms with van der Waals surface area (Å²) in [5.41, 5.74) is -3.70. The highest BCUT2D eigenvalue weighted by molar-refractivity contribution is 5.78. The van der Waals surface area contributed by atoms with Gasteiger partial charge in [-0.3, -0.25) is 14.5 Å². The lowest BCUT2D eigenvalue weighted by atomic mass is 10.1. The van der Waals surface area contributed by atoms with Crippen molar-refractivity contribution in [1.82, 2.24) is 30.0 Å². The van der Waals surface area contributed by atoms with Crippen molar-refractivity contribution in [3.05, 3.63) is 45.6 Å². The Labute approximate surface area is 206 Å². The van der Waals surface area contributed by atoms with E-state index in [0.717, 1.165) is 0 Å². The second-order valence-electron chi connectivity index (χ2n) is 8.71. The smallest absolute Gasteiger partial charge is 0.380 e. The number of aromatic amines is 1. The Hall–Kier alpha value is -3.27. The summed E-state index contributed by atoms with van der Waals surface area (Å²) in [6.07, 6.45) is -8.07. The normalized spacial score (nSPS) is 21.5. The number of hydrogen-bond donors (Lipinski definition) is 1. The monoisotopic (exact) mass is 535 g/mol. The number of carbonyl (C=O) groups excluding carboxylic acids is 1. The Morgan fingerprint density at radius 2 is 1.73 bits per heavy atom. The van der Waals surface area contributed by atoms with Crippen LogP contribution in [0.4, 0.5) is 32.3 Å². The maximum atomic E-state index is 13.2. The summed E-state index contributed by atoms with van der Waals surface area (Å²) >= 11 is 0. The molecule has 4 rings (SSSR count). The van der Waals surface area contributed by atoms with E-state index in [-0.39, 0.29) is 69.3 Å². The van der Waals surface area contributed by atoms with Crippen molar-refractivity contribution in [2.24, 2.45) is 0 Å². The van der Waals surface area contributed by atoms with Gasteiger partial charge < -0.3 is 14.5 Å². The predicted molar refractivity (Wildman–Crippen MR) is 115 cm³/mol. The second-order valence-corrected chi connectivity index (χ2v) is 8.71. The van der Waals surface area contributed by atoms with Crippen LogP contribution in [0.2, 0.25) is 0 Å². The summed E-state index contributed by atoms with van der Waals surface area (Å²) in [4.78, 5) is 37.0. The van der Waals surface area contributed by atoms with E-state index in [0.29, 0.717) is 18.5 Å². The molecule has 0 bridgehead atoms. The third-order valence-electron chi connectivity index (χ3n) is 6.39. The van der Waals surface area contributed by atoms with Gasteiger partial charge in [-0.2, -0.15) is 31.4 Å². The van der Waals surface area contributed by atoms with Crippen LogP contribution in [-0.4, -0.2) is 88.4 Å². The average Bonchev–Trinajstić information content (AvgIpc) is 3.26. The zero-order valence-corrected chi connectivity index (χ0v) is 19.5. The van der Waals surface area contributed by atoms with Crippen molar-refractivity contribution < 1.29 is 35.9 Å². The van der Waals surface area contributed by atoms with Crippen molar-refractivity contribution in [2.45, 2.75) is 30.9 Å². The SMILES string of the molecule is COC1CC(c2cc(C(F)(F)F)c(=O)[nH]n2)N(CC(=O)N2CCN(c3ncc(C(F)(F)F)cn3)CC2)C1. The lowest BCUT2D eigenvalue weighted by Gasteiger charge is -2.36. The highest BCUT2D eigenvalue weighted by Crippen LogP contribution is 2.34. The summed E-state index contributed by atoms with van der Waals surface area (Å²) in [7, 11) is 1.46. The van der Waals surface area contributed by atoms with E-state index in [9.17, 15) is 35.9 Å². The van der Waals surface area contributed by atoms with Gasteiger partial charge in [-0.15, -0.1) is 0 Å². The number of piperazine rings is 1. The molecule has 10 nitrogen and oxygen atoms in total. The van der Waals surface area contributed by atoms with Gasteiger partial charge >= 0.3 is 12.4 Å². The molecular weight excluding hydrogens is 512 g/mol. The summed E-state index contributed by atoms with van der Waals surface area (Å²) in [6.45, 7) is 1.24. The van der Waals surface area contributed by atoms with Gasteiger partial charge in [-0.1, -0.05) is 0 Å². The van der Waals surface area contributed by atoms with Gasteiger partial charge in [0.1, 0.15) is 5.56 Å². The molecule has 2 atom stereocenters. The molecular formula is C21H23F6N7O3. The van der Waals surface area contributed by atoms with Crippen molar-refractivity contribution in [3.8, 4) is 0 Å². The molecule has 2 aromatic rings.